The fourth-order valence-electron chi connectivity index (χ4n) is 3.95. The number of ether oxygens (including phenoxy) is 1. The van der Waals surface area contributed by atoms with E-state index in [9.17, 15) is 21.6 Å². The smallest absolute Gasteiger partial charge is 0.243 e. The summed E-state index contributed by atoms with van der Waals surface area (Å²) >= 11 is 12.0. The maximum atomic E-state index is 13.4. The number of benzene rings is 3. The zero-order valence-corrected chi connectivity index (χ0v) is 23.9. The molecule has 0 aromatic heterocycles. The molecular formula is C26H27Cl2N3O6S2. The predicted molar refractivity (Wildman–Crippen MR) is 148 cm³/mol. The molecule has 0 unspecified atom stereocenters. The van der Waals surface area contributed by atoms with E-state index in [2.05, 4.69) is 5.32 Å². The van der Waals surface area contributed by atoms with Crippen molar-refractivity contribution in [3.05, 3.63) is 94.0 Å². The van der Waals surface area contributed by atoms with Crippen LogP contribution in [0.3, 0.4) is 0 Å². The highest BCUT2D eigenvalue weighted by Crippen LogP contribution is 2.22. The van der Waals surface area contributed by atoms with Crippen LogP contribution in [-0.4, -0.2) is 64.2 Å². The second-order valence-electron chi connectivity index (χ2n) is 8.79. The third-order valence-corrected chi connectivity index (χ3v) is 10.2. The molecule has 208 valence electrons. The Morgan fingerprint density at radius 2 is 1.49 bits per heavy atom. The Hall–Kier alpha value is -2.51. The van der Waals surface area contributed by atoms with Crippen molar-refractivity contribution in [2.24, 2.45) is 0 Å². The van der Waals surface area contributed by atoms with Gasteiger partial charge in [0.1, 0.15) is 0 Å². The molecule has 0 spiro atoms. The highest BCUT2D eigenvalue weighted by Gasteiger charge is 2.28. The Labute approximate surface area is 238 Å². The normalized spacial score (nSPS) is 14.8. The minimum absolute atomic E-state index is 0.00112. The molecule has 3 aromatic carbocycles. The Bertz CT molecular complexity index is 1510. The van der Waals surface area contributed by atoms with Crippen LogP contribution in [0, 0.1) is 0 Å². The lowest BCUT2D eigenvalue weighted by molar-refractivity contribution is -0.121. The second kappa shape index (κ2) is 12.8. The number of halogens is 2. The van der Waals surface area contributed by atoms with Crippen molar-refractivity contribution in [2.75, 3.05) is 32.8 Å². The first kappa shape index (κ1) is 29.5. The average Bonchev–Trinajstić information content (AvgIpc) is 2.92. The quantitative estimate of drug-likeness (QED) is 0.375. The van der Waals surface area contributed by atoms with Gasteiger partial charge in [0.05, 0.1) is 29.5 Å². The highest BCUT2D eigenvalue weighted by molar-refractivity contribution is 7.89. The maximum absolute atomic E-state index is 13.4. The van der Waals surface area contributed by atoms with Gasteiger partial charge in [0.25, 0.3) is 0 Å². The summed E-state index contributed by atoms with van der Waals surface area (Å²) in [5.41, 5.74) is 1.27. The molecule has 1 N–H and O–H groups in total. The number of hydrogen-bond donors (Lipinski definition) is 1. The zero-order chi connectivity index (χ0) is 28.0. The number of nitrogens with zero attached hydrogens (tertiary/aromatic N) is 2. The molecule has 1 saturated heterocycles. The third-order valence-electron chi connectivity index (χ3n) is 6.04. The van der Waals surface area contributed by atoms with Crippen molar-refractivity contribution < 1.29 is 26.4 Å². The van der Waals surface area contributed by atoms with E-state index in [-0.39, 0.29) is 22.9 Å². The summed E-state index contributed by atoms with van der Waals surface area (Å²) in [7, 11) is -7.68. The standard InChI is InChI=1S/C26H27Cl2N3O6S2/c27-22-6-10-25(11-7-22)39(35,36)31(18-21-2-1-3-23(28)16-21)19-26(32)29-17-20-4-8-24(9-5-20)38(33,34)30-12-14-37-15-13-30/h1-11,16H,12-15,17-19H2,(H,29,32). The minimum atomic E-state index is -4.05. The number of morpholine rings is 1. The molecule has 13 heteroatoms. The van der Waals surface area contributed by atoms with Crippen molar-refractivity contribution in [1.29, 1.82) is 0 Å². The van der Waals surface area contributed by atoms with Gasteiger partial charge in [-0.2, -0.15) is 8.61 Å². The Kier molecular flexibility index (Phi) is 9.65. The number of amides is 1. The average molecular weight is 613 g/mol. The topological polar surface area (TPSA) is 113 Å². The van der Waals surface area contributed by atoms with Gasteiger partial charge < -0.3 is 10.1 Å². The van der Waals surface area contributed by atoms with Gasteiger partial charge in [-0.25, -0.2) is 16.8 Å². The molecule has 0 atom stereocenters. The number of carbonyl (C=O) groups is 1. The number of nitrogens with one attached hydrogen (secondary N) is 1. The molecular weight excluding hydrogens is 585 g/mol. The summed E-state index contributed by atoms with van der Waals surface area (Å²) in [6.07, 6.45) is 0. The molecule has 0 bridgehead atoms. The summed E-state index contributed by atoms with van der Waals surface area (Å²) in [5.74, 6) is -0.528. The summed E-state index contributed by atoms with van der Waals surface area (Å²) in [4.78, 5) is 13.0. The van der Waals surface area contributed by atoms with Gasteiger partial charge in [-0.15, -0.1) is 0 Å². The first-order valence-corrected chi connectivity index (χ1v) is 15.6. The van der Waals surface area contributed by atoms with Gasteiger partial charge in [-0.3, -0.25) is 4.79 Å². The van der Waals surface area contributed by atoms with Crippen LogP contribution in [0.4, 0.5) is 0 Å². The summed E-state index contributed by atoms with van der Waals surface area (Å²) in [6.45, 7) is 0.864. The molecule has 0 saturated carbocycles. The van der Waals surface area contributed by atoms with E-state index >= 15 is 0 Å². The number of hydrogen-bond acceptors (Lipinski definition) is 6. The largest absolute Gasteiger partial charge is 0.379 e. The molecule has 3 aromatic rings. The molecule has 1 aliphatic rings. The molecule has 0 aliphatic carbocycles. The number of carbonyl (C=O) groups excluding carboxylic acids is 1. The lowest BCUT2D eigenvalue weighted by Gasteiger charge is -2.26. The molecule has 0 radical (unpaired) electrons. The van der Waals surface area contributed by atoms with E-state index in [0.29, 0.717) is 47.5 Å². The summed E-state index contributed by atoms with van der Waals surface area (Å²) < 4.78 is 60.1. The predicted octanol–water partition coefficient (Wildman–Crippen LogP) is 3.52. The number of sulfonamides is 2. The van der Waals surface area contributed by atoms with Crippen LogP contribution >= 0.6 is 23.2 Å². The van der Waals surface area contributed by atoms with Gasteiger partial charge >= 0.3 is 0 Å². The van der Waals surface area contributed by atoms with Crippen LogP contribution in [-0.2, 0) is 42.7 Å². The Morgan fingerprint density at radius 1 is 0.846 bits per heavy atom. The molecule has 1 fully saturated rings. The maximum Gasteiger partial charge on any atom is 0.243 e. The second-order valence-corrected chi connectivity index (χ2v) is 13.5. The first-order valence-electron chi connectivity index (χ1n) is 12.0. The molecule has 1 aliphatic heterocycles. The lowest BCUT2D eigenvalue weighted by Crippen LogP contribution is -2.40. The zero-order valence-electron chi connectivity index (χ0n) is 20.8. The van der Waals surface area contributed by atoms with Gasteiger partial charge in [-0.1, -0.05) is 47.5 Å². The number of rotatable bonds is 10. The van der Waals surface area contributed by atoms with Crippen LogP contribution in [0.25, 0.3) is 0 Å². The fraction of sp³-hybridized carbons (Fsp3) is 0.269. The van der Waals surface area contributed by atoms with Gasteiger partial charge in [-0.05, 0) is 59.7 Å². The Balaban J connectivity index is 1.45. The van der Waals surface area contributed by atoms with E-state index in [4.69, 9.17) is 27.9 Å². The van der Waals surface area contributed by atoms with Gasteiger partial charge in [0.15, 0.2) is 0 Å². The molecule has 39 heavy (non-hydrogen) atoms. The minimum Gasteiger partial charge on any atom is -0.379 e. The van der Waals surface area contributed by atoms with E-state index < -0.39 is 32.5 Å². The SMILES string of the molecule is O=C(CN(Cc1cccc(Cl)c1)S(=O)(=O)c1ccc(Cl)cc1)NCc1ccc(S(=O)(=O)N2CCOCC2)cc1. The van der Waals surface area contributed by atoms with E-state index in [1.54, 1.807) is 36.4 Å². The monoisotopic (exact) mass is 611 g/mol. The van der Waals surface area contributed by atoms with Crippen molar-refractivity contribution in [2.45, 2.75) is 22.9 Å². The fourth-order valence-corrected chi connectivity index (χ4v) is 7.08. The van der Waals surface area contributed by atoms with Crippen LogP contribution < -0.4 is 5.32 Å². The van der Waals surface area contributed by atoms with Crippen LogP contribution in [0.5, 0.6) is 0 Å². The highest BCUT2D eigenvalue weighted by atomic mass is 35.5. The van der Waals surface area contributed by atoms with Gasteiger partial charge in [0.2, 0.25) is 26.0 Å². The van der Waals surface area contributed by atoms with Crippen molar-refractivity contribution in [3.63, 3.8) is 0 Å². The van der Waals surface area contributed by atoms with Crippen LogP contribution in [0.15, 0.2) is 82.6 Å². The van der Waals surface area contributed by atoms with Gasteiger partial charge in [0, 0.05) is 36.2 Å². The van der Waals surface area contributed by atoms with Crippen LogP contribution in [0.2, 0.25) is 10.0 Å². The lowest BCUT2D eigenvalue weighted by atomic mass is 10.2. The van der Waals surface area contributed by atoms with Crippen molar-refractivity contribution in [1.82, 2.24) is 13.9 Å². The summed E-state index contributed by atoms with van der Waals surface area (Å²) in [6, 6.07) is 18.6. The summed E-state index contributed by atoms with van der Waals surface area (Å²) in [5, 5.41) is 3.54. The molecule has 1 heterocycles. The first-order chi connectivity index (χ1) is 18.6. The van der Waals surface area contributed by atoms with Crippen LogP contribution in [0.1, 0.15) is 11.1 Å². The van der Waals surface area contributed by atoms with Crippen molar-refractivity contribution in [3.8, 4) is 0 Å². The third kappa shape index (κ3) is 7.57. The molecule has 9 nitrogen and oxygen atoms in total. The van der Waals surface area contributed by atoms with E-state index in [1.165, 1.54) is 40.7 Å². The van der Waals surface area contributed by atoms with Crippen molar-refractivity contribution >= 4 is 49.2 Å². The van der Waals surface area contributed by atoms with E-state index in [1.807, 2.05) is 0 Å². The van der Waals surface area contributed by atoms with E-state index in [0.717, 1.165) is 4.31 Å². The Morgan fingerprint density at radius 3 is 2.13 bits per heavy atom. The molecule has 1 amide bonds. The molecule has 4 rings (SSSR count).